The number of sulfonamides is 1. The van der Waals surface area contributed by atoms with Gasteiger partial charge >= 0.3 is 0 Å². The van der Waals surface area contributed by atoms with Crippen LogP contribution in [0.3, 0.4) is 0 Å². The van der Waals surface area contributed by atoms with Crippen LogP contribution in [0.1, 0.15) is 64.4 Å². The Labute approximate surface area is 211 Å². The zero-order valence-electron chi connectivity index (χ0n) is 19.7. The fourth-order valence-corrected chi connectivity index (χ4v) is 4.69. The molecule has 9 heteroatoms. The lowest BCUT2D eigenvalue weighted by atomic mass is 10.0. The molecule has 6 nitrogen and oxygen atoms in total. The Morgan fingerprint density at radius 1 is 1.18 bits per heavy atom. The van der Waals surface area contributed by atoms with Gasteiger partial charge in [-0.2, -0.15) is 0 Å². The van der Waals surface area contributed by atoms with E-state index in [1.54, 1.807) is 6.92 Å². The van der Waals surface area contributed by atoms with E-state index in [1.165, 1.54) is 18.4 Å². The maximum absolute atomic E-state index is 11.3. The van der Waals surface area contributed by atoms with E-state index in [9.17, 15) is 8.42 Å². The van der Waals surface area contributed by atoms with E-state index in [-0.39, 0.29) is 30.9 Å². The van der Waals surface area contributed by atoms with Crippen molar-refractivity contribution >= 4 is 45.7 Å². The number of likely N-dealkylation sites (tertiary alicyclic amines) is 1. The number of benzene rings is 1. The molecule has 188 valence electrons. The summed E-state index contributed by atoms with van der Waals surface area (Å²) in [6.45, 7) is 6.93. The highest BCUT2D eigenvalue weighted by atomic mass is 35.5. The molecule has 1 unspecified atom stereocenters. The molecule has 1 aromatic heterocycles. The second kappa shape index (κ2) is 14.3. The number of unbranched alkanes of at least 4 members (excludes halogenated alkanes) is 2. The van der Waals surface area contributed by atoms with Crippen LogP contribution >= 0.6 is 24.8 Å². The van der Waals surface area contributed by atoms with Crippen LogP contribution in [0.2, 0.25) is 0 Å². The number of halogens is 2. The minimum absolute atomic E-state index is 0. The molecule has 1 aliphatic heterocycles. The van der Waals surface area contributed by atoms with E-state index < -0.39 is 15.3 Å². The second-order valence-corrected chi connectivity index (χ2v) is 10.8. The lowest BCUT2D eigenvalue weighted by Gasteiger charge is -2.32. The van der Waals surface area contributed by atoms with Crippen molar-refractivity contribution in [1.29, 1.82) is 0 Å². The molecular formula is C24H39Cl2N3O3S. The number of aromatic nitrogens is 1. The molecule has 2 N–H and O–H groups in total. The maximum Gasteiger partial charge on any atom is 0.211 e. The van der Waals surface area contributed by atoms with Gasteiger partial charge in [0.25, 0.3) is 0 Å². The van der Waals surface area contributed by atoms with Gasteiger partial charge in [0, 0.05) is 24.7 Å². The lowest BCUT2D eigenvalue weighted by molar-refractivity contribution is 0.100. The van der Waals surface area contributed by atoms with E-state index in [4.69, 9.17) is 9.88 Å². The van der Waals surface area contributed by atoms with Gasteiger partial charge in [-0.15, -0.1) is 24.8 Å². The molecule has 0 amide bonds. The molecule has 1 aromatic carbocycles. The molecule has 1 saturated heterocycles. The van der Waals surface area contributed by atoms with Crippen molar-refractivity contribution in [2.75, 3.05) is 19.6 Å². The fraction of sp³-hybridized carbons (Fsp3) is 0.625. The molecule has 0 saturated carbocycles. The van der Waals surface area contributed by atoms with Crippen molar-refractivity contribution in [3.05, 3.63) is 36.0 Å². The predicted molar refractivity (Wildman–Crippen MR) is 141 cm³/mol. The zero-order valence-corrected chi connectivity index (χ0v) is 22.2. The molecular weight excluding hydrogens is 481 g/mol. The Bertz CT molecular complexity index is 951. The van der Waals surface area contributed by atoms with Crippen molar-refractivity contribution in [1.82, 2.24) is 9.88 Å². The quantitative estimate of drug-likeness (QED) is 0.416. The van der Waals surface area contributed by atoms with Crippen LogP contribution in [0.5, 0.6) is 5.75 Å². The van der Waals surface area contributed by atoms with Gasteiger partial charge < -0.3 is 9.64 Å². The Hall–Kier alpha value is -1.12. The summed E-state index contributed by atoms with van der Waals surface area (Å²) in [6, 6.07) is 8.52. The first-order valence-electron chi connectivity index (χ1n) is 11.6. The smallest absolute Gasteiger partial charge is 0.211 e. The minimum atomic E-state index is -3.40. The van der Waals surface area contributed by atoms with Gasteiger partial charge in [-0.05, 0) is 75.8 Å². The highest BCUT2D eigenvalue weighted by molar-refractivity contribution is 7.89. The SMILES string of the molecule is CCCCc1cc(OC2CCN(CCCCC(C)S(N)(=O)=O)CC2)c2ncccc2c1.Cl.Cl. The number of primary sulfonamides is 1. The summed E-state index contributed by atoms with van der Waals surface area (Å²) in [5, 5.41) is 5.89. The molecule has 2 aromatic rings. The van der Waals surface area contributed by atoms with Gasteiger partial charge in [0.2, 0.25) is 10.0 Å². The van der Waals surface area contributed by atoms with Crippen LogP contribution in [0.4, 0.5) is 0 Å². The normalized spacial score (nSPS) is 16.1. The van der Waals surface area contributed by atoms with Crippen molar-refractivity contribution in [2.45, 2.75) is 76.6 Å². The molecule has 0 spiro atoms. The molecule has 33 heavy (non-hydrogen) atoms. The van der Waals surface area contributed by atoms with Gasteiger partial charge in [-0.25, -0.2) is 13.6 Å². The molecule has 3 rings (SSSR count). The summed E-state index contributed by atoms with van der Waals surface area (Å²) in [6.07, 6.45) is 10.00. The summed E-state index contributed by atoms with van der Waals surface area (Å²) in [5.74, 6) is 0.916. The van der Waals surface area contributed by atoms with Gasteiger partial charge in [0.1, 0.15) is 17.4 Å². The third-order valence-corrected chi connectivity index (χ3v) is 7.63. The van der Waals surface area contributed by atoms with Crippen molar-refractivity contribution in [3.63, 3.8) is 0 Å². The standard InChI is InChI=1S/C24H37N3O3S.2ClH/c1-3-4-9-20-17-21-10-7-13-26-24(21)23(18-20)30-22-11-15-27(16-12-22)14-6-5-8-19(2)31(25,28)29;;/h7,10,13,17-19,22H,3-6,8-9,11-12,14-16H2,1-2H3,(H2,25,28,29);2*1H. The van der Waals surface area contributed by atoms with E-state index in [0.717, 1.165) is 68.4 Å². The van der Waals surface area contributed by atoms with Crippen molar-refractivity contribution in [2.24, 2.45) is 5.14 Å². The van der Waals surface area contributed by atoms with E-state index in [2.05, 4.69) is 35.0 Å². The number of piperidine rings is 1. The Balaban J connectivity index is 0.00000272. The Morgan fingerprint density at radius 2 is 1.91 bits per heavy atom. The first-order valence-corrected chi connectivity index (χ1v) is 13.3. The number of hydrogen-bond donors (Lipinski definition) is 1. The summed E-state index contributed by atoms with van der Waals surface area (Å²) >= 11 is 0. The van der Waals surface area contributed by atoms with Gasteiger partial charge in [-0.3, -0.25) is 4.98 Å². The number of nitrogens with two attached hydrogens (primary N) is 1. The van der Waals surface area contributed by atoms with Crippen LogP contribution in [0, 0.1) is 0 Å². The molecule has 0 bridgehead atoms. The lowest BCUT2D eigenvalue weighted by Crippen LogP contribution is -2.38. The monoisotopic (exact) mass is 519 g/mol. The molecule has 1 atom stereocenters. The number of rotatable bonds is 11. The van der Waals surface area contributed by atoms with Gasteiger partial charge in [-0.1, -0.05) is 25.8 Å². The average Bonchev–Trinajstić information content (AvgIpc) is 2.75. The van der Waals surface area contributed by atoms with Crippen LogP contribution in [0.25, 0.3) is 10.9 Å². The maximum atomic E-state index is 11.3. The highest BCUT2D eigenvalue weighted by Gasteiger charge is 2.22. The van der Waals surface area contributed by atoms with Crippen LogP contribution in [-0.2, 0) is 16.4 Å². The molecule has 1 aliphatic rings. The summed E-state index contributed by atoms with van der Waals surface area (Å²) in [4.78, 5) is 7.03. The predicted octanol–water partition coefficient (Wildman–Crippen LogP) is 5.11. The van der Waals surface area contributed by atoms with E-state index >= 15 is 0 Å². The first-order chi connectivity index (χ1) is 14.9. The van der Waals surface area contributed by atoms with E-state index in [1.807, 2.05) is 12.3 Å². The third-order valence-electron chi connectivity index (χ3n) is 6.27. The number of aryl methyl sites for hydroxylation is 1. The summed E-state index contributed by atoms with van der Waals surface area (Å²) < 4.78 is 29.1. The Morgan fingerprint density at radius 3 is 2.58 bits per heavy atom. The number of pyridine rings is 1. The summed E-state index contributed by atoms with van der Waals surface area (Å²) in [7, 11) is -3.40. The van der Waals surface area contributed by atoms with Crippen LogP contribution in [-0.4, -0.2) is 49.3 Å². The molecule has 0 radical (unpaired) electrons. The zero-order chi connectivity index (χ0) is 22.3. The highest BCUT2D eigenvalue weighted by Crippen LogP contribution is 2.29. The van der Waals surface area contributed by atoms with Gasteiger partial charge in [0.15, 0.2) is 0 Å². The number of ether oxygens (including phenoxy) is 1. The van der Waals surface area contributed by atoms with Crippen LogP contribution < -0.4 is 9.88 Å². The topological polar surface area (TPSA) is 85.5 Å². The molecule has 1 fully saturated rings. The summed E-state index contributed by atoms with van der Waals surface area (Å²) in [5.41, 5.74) is 2.28. The third kappa shape index (κ3) is 9.21. The minimum Gasteiger partial charge on any atom is -0.488 e. The fourth-order valence-electron chi connectivity index (χ4n) is 4.20. The Kier molecular flexibility index (Phi) is 13.0. The van der Waals surface area contributed by atoms with Gasteiger partial charge in [0.05, 0.1) is 5.25 Å². The average molecular weight is 521 g/mol. The number of fused-ring (bicyclic) bond motifs is 1. The van der Waals surface area contributed by atoms with Crippen LogP contribution in [0.15, 0.2) is 30.5 Å². The molecule has 0 aliphatic carbocycles. The first kappa shape index (κ1) is 29.9. The van der Waals surface area contributed by atoms with E-state index in [0.29, 0.717) is 6.42 Å². The second-order valence-electron chi connectivity index (χ2n) is 8.83. The van der Waals surface area contributed by atoms with Crippen molar-refractivity contribution < 1.29 is 13.2 Å². The number of nitrogens with zero attached hydrogens (tertiary/aromatic N) is 2. The number of hydrogen-bond acceptors (Lipinski definition) is 5. The molecule has 2 heterocycles. The van der Waals surface area contributed by atoms with Crippen molar-refractivity contribution in [3.8, 4) is 5.75 Å². The largest absolute Gasteiger partial charge is 0.488 e.